The number of hydrogen-bond donors (Lipinski definition) is 1. The van der Waals surface area contributed by atoms with Crippen molar-refractivity contribution in [1.82, 2.24) is 10.2 Å². The summed E-state index contributed by atoms with van der Waals surface area (Å²) in [4.78, 5) is 13.4. The van der Waals surface area contributed by atoms with E-state index in [0.29, 0.717) is 6.54 Å². The van der Waals surface area contributed by atoms with Crippen molar-refractivity contribution in [2.24, 2.45) is 0 Å². The maximum Gasteiger partial charge on any atom is 0.262 e. The summed E-state index contributed by atoms with van der Waals surface area (Å²) in [6, 6.07) is 5.87. The molecule has 0 saturated heterocycles. The third kappa shape index (κ3) is 4.51. The van der Waals surface area contributed by atoms with E-state index in [1.54, 1.807) is 21.0 Å². The predicted molar refractivity (Wildman–Crippen MR) is 80.3 cm³/mol. The predicted octanol–water partition coefficient (Wildman–Crippen LogP) is 2.41. The van der Waals surface area contributed by atoms with Crippen LogP contribution in [0.25, 0.3) is 0 Å². The lowest BCUT2D eigenvalue weighted by atomic mass is 10.2. The van der Waals surface area contributed by atoms with E-state index in [1.165, 1.54) is 4.90 Å². The van der Waals surface area contributed by atoms with Gasteiger partial charge in [-0.05, 0) is 35.5 Å². The average Bonchev–Trinajstić information content (AvgIpc) is 2.38. The topological polar surface area (TPSA) is 41.6 Å². The first-order chi connectivity index (χ1) is 8.97. The zero-order valence-corrected chi connectivity index (χ0v) is 13.5. The smallest absolute Gasteiger partial charge is 0.262 e. The fourth-order valence-corrected chi connectivity index (χ4v) is 2.18. The molecule has 1 rings (SSSR count). The highest BCUT2D eigenvalue weighted by Gasteiger charge is 2.19. The van der Waals surface area contributed by atoms with Gasteiger partial charge in [0, 0.05) is 26.2 Å². The van der Waals surface area contributed by atoms with Gasteiger partial charge in [-0.1, -0.05) is 19.1 Å². The van der Waals surface area contributed by atoms with E-state index in [-0.39, 0.29) is 5.91 Å². The fraction of sp³-hybridized carbons (Fsp3) is 0.500. The van der Waals surface area contributed by atoms with Crippen LogP contribution in [0.1, 0.15) is 19.4 Å². The number of rotatable bonds is 6. The molecule has 5 heteroatoms. The summed E-state index contributed by atoms with van der Waals surface area (Å²) in [5, 5.41) is 3.26. The van der Waals surface area contributed by atoms with E-state index in [1.807, 2.05) is 18.2 Å². The van der Waals surface area contributed by atoms with E-state index in [4.69, 9.17) is 4.74 Å². The summed E-state index contributed by atoms with van der Waals surface area (Å²) >= 11 is 3.48. The molecule has 1 aromatic rings. The summed E-state index contributed by atoms with van der Waals surface area (Å²) in [6.45, 7) is 5.42. The Kier molecular flexibility index (Phi) is 6.31. The van der Waals surface area contributed by atoms with Gasteiger partial charge < -0.3 is 15.0 Å². The third-order valence-electron chi connectivity index (χ3n) is 2.70. The van der Waals surface area contributed by atoms with Gasteiger partial charge in [0.2, 0.25) is 0 Å². The van der Waals surface area contributed by atoms with Crippen molar-refractivity contribution in [1.29, 1.82) is 0 Å². The number of amides is 1. The van der Waals surface area contributed by atoms with Crippen LogP contribution in [0.4, 0.5) is 0 Å². The highest BCUT2D eigenvalue weighted by molar-refractivity contribution is 9.10. The maximum atomic E-state index is 11.9. The second-order valence-corrected chi connectivity index (χ2v) is 5.36. The molecule has 0 saturated carbocycles. The van der Waals surface area contributed by atoms with Crippen molar-refractivity contribution in [3.63, 3.8) is 0 Å². The summed E-state index contributed by atoms with van der Waals surface area (Å²) in [5.74, 6) is 0.677. The Morgan fingerprint density at radius 2 is 2.16 bits per heavy atom. The number of ether oxygens (including phenoxy) is 1. The van der Waals surface area contributed by atoms with Gasteiger partial charge in [0.25, 0.3) is 5.91 Å². The number of hydrogen-bond acceptors (Lipinski definition) is 3. The van der Waals surface area contributed by atoms with Gasteiger partial charge in [-0.15, -0.1) is 0 Å². The molecule has 19 heavy (non-hydrogen) atoms. The van der Waals surface area contributed by atoms with E-state index in [0.717, 1.165) is 22.3 Å². The summed E-state index contributed by atoms with van der Waals surface area (Å²) < 4.78 is 6.68. The van der Waals surface area contributed by atoms with Crippen LogP contribution in [0.5, 0.6) is 5.75 Å². The number of benzene rings is 1. The molecule has 0 heterocycles. The normalized spacial score (nSPS) is 12.1. The lowest BCUT2D eigenvalue weighted by molar-refractivity contribution is -0.135. The van der Waals surface area contributed by atoms with E-state index < -0.39 is 6.10 Å². The van der Waals surface area contributed by atoms with E-state index in [9.17, 15) is 4.79 Å². The van der Waals surface area contributed by atoms with Gasteiger partial charge in [-0.3, -0.25) is 4.79 Å². The first-order valence-corrected chi connectivity index (χ1v) is 7.12. The first-order valence-electron chi connectivity index (χ1n) is 6.33. The maximum absolute atomic E-state index is 11.9. The standard InChI is InChI=1S/C14H21BrN2O2/c1-5-16-9-11-7-6-8-12(15)13(11)19-10(2)14(18)17(3)4/h6-8,10,16H,5,9H2,1-4H3. The SMILES string of the molecule is CCNCc1cccc(Br)c1OC(C)C(=O)N(C)C. The molecule has 0 aliphatic rings. The van der Waals surface area contributed by atoms with Crippen LogP contribution in [0.15, 0.2) is 22.7 Å². The molecular formula is C14H21BrN2O2. The van der Waals surface area contributed by atoms with Gasteiger partial charge in [0.1, 0.15) is 5.75 Å². The van der Waals surface area contributed by atoms with Crippen molar-refractivity contribution >= 4 is 21.8 Å². The van der Waals surface area contributed by atoms with Crippen molar-refractivity contribution in [3.8, 4) is 5.75 Å². The lowest BCUT2D eigenvalue weighted by Gasteiger charge is -2.21. The minimum Gasteiger partial charge on any atom is -0.479 e. The monoisotopic (exact) mass is 328 g/mol. The summed E-state index contributed by atoms with van der Waals surface area (Å²) in [6.07, 6.45) is -0.505. The number of halogens is 1. The van der Waals surface area contributed by atoms with Crippen molar-refractivity contribution < 1.29 is 9.53 Å². The Hall–Kier alpha value is -1.07. The van der Waals surface area contributed by atoms with E-state index >= 15 is 0 Å². The van der Waals surface area contributed by atoms with Crippen LogP contribution in [-0.4, -0.2) is 37.6 Å². The minimum atomic E-state index is -0.505. The quantitative estimate of drug-likeness (QED) is 0.871. The van der Waals surface area contributed by atoms with Crippen LogP contribution in [-0.2, 0) is 11.3 Å². The van der Waals surface area contributed by atoms with Crippen LogP contribution in [0, 0.1) is 0 Å². The van der Waals surface area contributed by atoms with Crippen molar-refractivity contribution in [2.75, 3.05) is 20.6 Å². The minimum absolute atomic E-state index is 0.0508. The van der Waals surface area contributed by atoms with Crippen molar-refractivity contribution in [2.45, 2.75) is 26.5 Å². The molecule has 0 spiro atoms. The van der Waals surface area contributed by atoms with Gasteiger partial charge >= 0.3 is 0 Å². The van der Waals surface area contributed by atoms with E-state index in [2.05, 4.69) is 28.2 Å². The molecule has 1 N–H and O–H groups in total. The molecule has 1 aromatic carbocycles. The number of carbonyl (C=O) groups is 1. The molecule has 4 nitrogen and oxygen atoms in total. The Bertz CT molecular complexity index is 435. The van der Waals surface area contributed by atoms with Gasteiger partial charge in [0.15, 0.2) is 6.10 Å². The molecule has 0 bridgehead atoms. The molecule has 0 aliphatic carbocycles. The van der Waals surface area contributed by atoms with Crippen LogP contribution in [0.3, 0.4) is 0 Å². The molecule has 1 amide bonds. The van der Waals surface area contributed by atoms with Crippen molar-refractivity contribution in [3.05, 3.63) is 28.2 Å². The molecule has 1 atom stereocenters. The largest absolute Gasteiger partial charge is 0.479 e. The fourth-order valence-electron chi connectivity index (χ4n) is 1.68. The first kappa shape index (κ1) is 16.0. The molecule has 0 aliphatic heterocycles. The number of nitrogens with one attached hydrogen (secondary N) is 1. The summed E-state index contributed by atoms with van der Waals surface area (Å²) in [7, 11) is 3.45. The highest BCUT2D eigenvalue weighted by atomic mass is 79.9. The average molecular weight is 329 g/mol. The molecular weight excluding hydrogens is 308 g/mol. The molecule has 1 unspecified atom stereocenters. The highest BCUT2D eigenvalue weighted by Crippen LogP contribution is 2.30. The van der Waals surface area contributed by atoms with Crippen LogP contribution in [0.2, 0.25) is 0 Å². The number of likely N-dealkylation sites (N-methyl/N-ethyl adjacent to an activating group) is 1. The zero-order valence-electron chi connectivity index (χ0n) is 11.9. The van der Waals surface area contributed by atoms with Gasteiger partial charge in [-0.2, -0.15) is 0 Å². The second kappa shape index (κ2) is 7.50. The Balaban J connectivity index is 2.89. The van der Waals surface area contributed by atoms with Gasteiger partial charge in [-0.25, -0.2) is 0 Å². The Morgan fingerprint density at radius 1 is 1.47 bits per heavy atom. The number of para-hydroxylation sites is 1. The second-order valence-electron chi connectivity index (χ2n) is 4.50. The zero-order chi connectivity index (χ0) is 14.4. The Labute approximate surface area is 123 Å². The number of nitrogens with zero attached hydrogens (tertiary/aromatic N) is 1. The lowest BCUT2D eigenvalue weighted by Crippen LogP contribution is -2.35. The van der Waals surface area contributed by atoms with Crippen LogP contribution >= 0.6 is 15.9 Å². The van der Waals surface area contributed by atoms with Crippen LogP contribution < -0.4 is 10.1 Å². The molecule has 0 aromatic heterocycles. The molecule has 0 radical (unpaired) electrons. The Morgan fingerprint density at radius 3 is 2.74 bits per heavy atom. The molecule has 106 valence electrons. The number of carbonyl (C=O) groups excluding carboxylic acids is 1. The van der Waals surface area contributed by atoms with Gasteiger partial charge in [0.05, 0.1) is 4.47 Å². The third-order valence-corrected chi connectivity index (χ3v) is 3.32. The molecule has 0 fully saturated rings. The summed E-state index contributed by atoms with van der Waals surface area (Å²) in [5.41, 5.74) is 1.04.